The van der Waals surface area contributed by atoms with Crippen molar-refractivity contribution < 1.29 is 14.3 Å². The zero-order chi connectivity index (χ0) is 25.1. The van der Waals surface area contributed by atoms with Gasteiger partial charge in [0.25, 0.3) is 5.91 Å². The van der Waals surface area contributed by atoms with Crippen molar-refractivity contribution in [2.45, 2.75) is 37.8 Å². The fourth-order valence-corrected chi connectivity index (χ4v) is 4.85. The lowest BCUT2D eigenvalue weighted by Crippen LogP contribution is -2.41. The molecule has 3 aromatic rings. The van der Waals surface area contributed by atoms with Crippen molar-refractivity contribution in [3.05, 3.63) is 47.8 Å². The molecule has 0 bridgehead atoms. The lowest BCUT2D eigenvalue weighted by atomic mass is 9.90. The van der Waals surface area contributed by atoms with E-state index in [1.165, 1.54) is 12.4 Å². The molecule has 0 aromatic carbocycles. The van der Waals surface area contributed by atoms with Crippen LogP contribution in [-0.2, 0) is 4.74 Å². The van der Waals surface area contributed by atoms with Gasteiger partial charge in [-0.1, -0.05) is 0 Å². The Balaban J connectivity index is 1.40. The minimum atomic E-state index is -0.386. The molecular weight excluding hydrogens is 460 g/mol. The van der Waals surface area contributed by atoms with Crippen molar-refractivity contribution in [3.63, 3.8) is 0 Å². The van der Waals surface area contributed by atoms with Gasteiger partial charge in [0, 0.05) is 18.3 Å². The van der Waals surface area contributed by atoms with Crippen LogP contribution in [0.4, 0.5) is 10.5 Å². The third kappa shape index (κ3) is 4.51. The highest BCUT2D eigenvalue weighted by molar-refractivity contribution is 6.00. The van der Waals surface area contributed by atoms with Gasteiger partial charge in [0.2, 0.25) is 0 Å². The topological polar surface area (TPSA) is 148 Å². The number of cyclic esters (lactones) is 1. The second-order valence-corrected chi connectivity index (χ2v) is 8.82. The smallest absolute Gasteiger partial charge is 0.410 e. The van der Waals surface area contributed by atoms with Crippen molar-refractivity contribution in [1.29, 1.82) is 10.5 Å². The number of rotatable bonds is 6. The Hall–Kier alpha value is -4.64. The first-order valence-electron chi connectivity index (χ1n) is 11.8. The molecule has 4 heterocycles. The number of nitrogens with zero attached hydrogens (tertiary/aromatic N) is 6. The third-order valence-electron chi connectivity index (χ3n) is 6.66. The average Bonchev–Trinajstić information content (AvgIpc) is 3.53. The number of aromatic nitrogens is 3. The molecule has 2 amide bonds. The van der Waals surface area contributed by atoms with E-state index in [2.05, 4.69) is 26.8 Å². The lowest BCUT2D eigenvalue weighted by Gasteiger charge is -2.34. The highest BCUT2D eigenvalue weighted by Gasteiger charge is 2.33. The van der Waals surface area contributed by atoms with Crippen molar-refractivity contribution in [3.8, 4) is 23.5 Å². The number of anilines is 1. The van der Waals surface area contributed by atoms with E-state index in [0.717, 1.165) is 36.9 Å². The molecule has 0 unspecified atom stereocenters. The fourth-order valence-electron chi connectivity index (χ4n) is 4.85. The Morgan fingerprint density at radius 1 is 1.17 bits per heavy atom. The summed E-state index contributed by atoms with van der Waals surface area (Å²) in [6.45, 7) is 0.971. The van der Waals surface area contributed by atoms with Gasteiger partial charge in [-0.15, -0.1) is 0 Å². The molecular formula is C25H24N8O3. The van der Waals surface area contributed by atoms with Gasteiger partial charge in [-0.3, -0.25) is 9.78 Å². The van der Waals surface area contributed by atoms with Crippen LogP contribution in [0.25, 0.3) is 16.9 Å². The summed E-state index contributed by atoms with van der Waals surface area (Å²) in [7, 11) is 0. The van der Waals surface area contributed by atoms with Gasteiger partial charge in [-0.25, -0.2) is 9.31 Å². The van der Waals surface area contributed by atoms with E-state index in [9.17, 15) is 9.59 Å². The number of pyridine rings is 1. The molecule has 11 heteroatoms. The first kappa shape index (κ1) is 23.1. The van der Waals surface area contributed by atoms with Crippen molar-refractivity contribution in [2.75, 3.05) is 25.0 Å². The predicted molar refractivity (Wildman–Crippen MR) is 129 cm³/mol. The second kappa shape index (κ2) is 9.92. The van der Waals surface area contributed by atoms with E-state index < -0.39 is 0 Å². The molecule has 1 saturated heterocycles. The Kier molecular flexibility index (Phi) is 6.37. The minimum absolute atomic E-state index is 0.106. The van der Waals surface area contributed by atoms with Crippen LogP contribution >= 0.6 is 0 Å². The maximum Gasteiger partial charge on any atom is 0.410 e. The largest absolute Gasteiger partial charge is 0.448 e. The molecule has 182 valence electrons. The van der Waals surface area contributed by atoms with Crippen LogP contribution in [0, 0.1) is 22.7 Å². The molecule has 5 rings (SSSR count). The van der Waals surface area contributed by atoms with Gasteiger partial charge >= 0.3 is 6.09 Å². The van der Waals surface area contributed by atoms with Gasteiger partial charge in [0.15, 0.2) is 0 Å². The summed E-state index contributed by atoms with van der Waals surface area (Å²) >= 11 is 0. The Morgan fingerprint density at radius 3 is 2.72 bits per heavy atom. The monoisotopic (exact) mass is 484 g/mol. The number of amides is 2. The number of nitrogens with one attached hydrogen (secondary N) is 2. The third-order valence-corrected chi connectivity index (χ3v) is 6.66. The van der Waals surface area contributed by atoms with E-state index in [1.54, 1.807) is 10.6 Å². The van der Waals surface area contributed by atoms with E-state index in [0.29, 0.717) is 35.7 Å². The van der Waals surface area contributed by atoms with Gasteiger partial charge in [-0.2, -0.15) is 15.6 Å². The molecule has 1 aliphatic carbocycles. The number of hydrogen-bond donors (Lipinski definition) is 2. The first-order valence-corrected chi connectivity index (χ1v) is 11.8. The minimum Gasteiger partial charge on any atom is -0.448 e. The molecule has 1 saturated carbocycles. The Bertz CT molecular complexity index is 1390. The molecule has 0 spiro atoms. The van der Waals surface area contributed by atoms with E-state index >= 15 is 0 Å². The van der Waals surface area contributed by atoms with Crippen molar-refractivity contribution in [2.24, 2.45) is 0 Å². The number of fused-ring (bicyclic) bond motifs is 1. The highest BCUT2D eigenvalue weighted by atomic mass is 16.6. The normalized spacial score (nSPS) is 19.4. The summed E-state index contributed by atoms with van der Waals surface area (Å²) < 4.78 is 6.78. The van der Waals surface area contributed by atoms with Gasteiger partial charge < -0.3 is 20.3 Å². The molecule has 3 aromatic heterocycles. The highest BCUT2D eigenvalue weighted by Crippen LogP contribution is 2.30. The number of hydrogen-bond acceptors (Lipinski definition) is 8. The second-order valence-electron chi connectivity index (χ2n) is 8.82. The Morgan fingerprint density at radius 2 is 2.00 bits per heavy atom. The molecule has 0 atom stereocenters. The average molecular weight is 485 g/mol. The standard InChI is InChI=1S/C25H24N8O3/c26-7-8-28-24(34)20-15-29-22(23-6-5-19-11-16(13-27)14-30-33(19)23)12-21(20)31-17-1-3-18(4-2-17)32-9-10-36-25(32)35/h5-6,11-12,14-15,17-18H,1-4,8-10H2,(H,28,34)(H,29,31). The first-order chi connectivity index (χ1) is 17.6. The molecule has 2 aliphatic rings. The SMILES string of the molecule is N#CCNC(=O)c1cnc(-c2ccc3cc(C#N)cnn23)cc1NC1CCC(N2CCOC2=O)CC1. The number of carbonyl (C=O) groups is 2. The number of carbonyl (C=O) groups excluding carboxylic acids is 2. The Labute approximate surface area is 207 Å². The summed E-state index contributed by atoms with van der Waals surface area (Å²) in [5.41, 5.74) is 3.51. The summed E-state index contributed by atoms with van der Waals surface area (Å²) in [6, 6.07) is 11.6. The van der Waals surface area contributed by atoms with Crippen LogP contribution < -0.4 is 10.6 Å². The molecule has 36 heavy (non-hydrogen) atoms. The molecule has 11 nitrogen and oxygen atoms in total. The molecule has 1 aliphatic heterocycles. The maximum atomic E-state index is 12.8. The predicted octanol–water partition coefficient (Wildman–Crippen LogP) is 2.70. The maximum absolute atomic E-state index is 12.8. The zero-order valence-electron chi connectivity index (χ0n) is 19.5. The summed E-state index contributed by atoms with van der Waals surface area (Å²) in [5, 5.41) is 28.5. The van der Waals surface area contributed by atoms with Gasteiger partial charge in [0.1, 0.15) is 19.2 Å². The lowest BCUT2D eigenvalue weighted by molar-refractivity contribution is 0.0958. The fraction of sp³-hybridized carbons (Fsp3) is 0.360. The quantitative estimate of drug-likeness (QED) is 0.507. The van der Waals surface area contributed by atoms with Gasteiger partial charge in [0.05, 0.1) is 52.5 Å². The van der Waals surface area contributed by atoms with Crippen molar-refractivity contribution in [1.82, 2.24) is 24.8 Å². The van der Waals surface area contributed by atoms with Crippen LogP contribution in [0.3, 0.4) is 0 Å². The molecule has 2 N–H and O–H groups in total. The van der Waals surface area contributed by atoms with Crippen LogP contribution in [0.15, 0.2) is 36.7 Å². The van der Waals surface area contributed by atoms with Crippen LogP contribution in [0.2, 0.25) is 0 Å². The number of nitriles is 2. The van der Waals surface area contributed by atoms with E-state index in [-0.39, 0.29) is 30.6 Å². The molecule has 0 radical (unpaired) electrons. The number of ether oxygens (including phenoxy) is 1. The summed E-state index contributed by atoms with van der Waals surface area (Å²) in [4.78, 5) is 31.0. The van der Waals surface area contributed by atoms with Crippen LogP contribution in [-0.4, -0.2) is 63.3 Å². The van der Waals surface area contributed by atoms with Gasteiger partial charge in [-0.05, 0) is 49.9 Å². The zero-order valence-corrected chi connectivity index (χ0v) is 19.5. The van der Waals surface area contributed by atoms with E-state index in [4.69, 9.17) is 15.3 Å². The van der Waals surface area contributed by atoms with E-state index in [1.807, 2.05) is 29.2 Å². The molecule has 2 fully saturated rings. The van der Waals surface area contributed by atoms with Crippen LogP contribution in [0.1, 0.15) is 41.6 Å². The summed E-state index contributed by atoms with van der Waals surface area (Å²) in [5.74, 6) is -0.386. The van der Waals surface area contributed by atoms with Crippen molar-refractivity contribution >= 4 is 23.2 Å². The van der Waals surface area contributed by atoms with Crippen LogP contribution in [0.5, 0.6) is 0 Å². The summed E-state index contributed by atoms with van der Waals surface area (Å²) in [6.07, 6.45) is 6.10.